The number of aromatic nitrogens is 2. The number of benzene rings is 2. The van der Waals surface area contributed by atoms with Crippen molar-refractivity contribution in [3.63, 3.8) is 0 Å². The highest BCUT2D eigenvalue weighted by molar-refractivity contribution is 5.76. The molecule has 3 aromatic rings. The average Bonchev–Trinajstić information content (AvgIpc) is 3.10. The van der Waals surface area contributed by atoms with Crippen molar-refractivity contribution in [1.82, 2.24) is 10.2 Å². The molecule has 4 rings (SSSR count). The highest BCUT2D eigenvalue weighted by Gasteiger charge is 2.40. The van der Waals surface area contributed by atoms with Gasteiger partial charge < -0.3 is 14.5 Å². The largest absolute Gasteiger partial charge is 0.420 e. The summed E-state index contributed by atoms with van der Waals surface area (Å²) in [6.45, 7) is 3.04. The lowest BCUT2D eigenvalue weighted by molar-refractivity contribution is -0.137. The van der Waals surface area contributed by atoms with E-state index in [0.717, 1.165) is 12.1 Å². The van der Waals surface area contributed by atoms with Crippen molar-refractivity contribution >= 4 is 11.4 Å². The van der Waals surface area contributed by atoms with Gasteiger partial charge in [-0.2, -0.15) is 13.2 Å². The summed E-state index contributed by atoms with van der Waals surface area (Å²) in [5.74, 6) is 0.848. The summed E-state index contributed by atoms with van der Waals surface area (Å²) in [5.41, 5.74) is 0.872. The second kappa shape index (κ2) is 6.38. The molecule has 0 bridgehead atoms. The maximum absolute atomic E-state index is 12.7. The van der Waals surface area contributed by atoms with Crippen LogP contribution in [0.3, 0.4) is 0 Å². The molecule has 0 aliphatic carbocycles. The van der Waals surface area contributed by atoms with Gasteiger partial charge in [0.05, 0.1) is 35.4 Å². The van der Waals surface area contributed by atoms with Crippen molar-refractivity contribution in [2.24, 2.45) is 0 Å². The van der Waals surface area contributed by atoms with Crippen molar-refractivity contribution in [3.05, 3.63) is 60.0 Å². The molecule has 0 radical (unpaired) electrons. The van der Waals surface area contributed by atoms with E-state index < -0.39 is 11.7 Å². The molecule has 1 saturated heterocycles. The molecule has 0 saturated carbocycles. The fraction of sp³-hybridized carbons (Fsp3) is 0.263. The van der Waals surface area contributed by atoms with E-state index in [4.69, 9.17) is 9.15 Å². The van der Waals surface area contributed by atoms with Crippen LogP contribution >= 0.6 is 0 Å². The van der Waals surface area contributed by atoms with Crippen LogP contribution in [0.5, 0.6) is 0 Å². The van der Waals surface area contributed by atoms with Gasteiger partial charge in [-0.15, -0.1) is 10.2 Å². The monoisotopic (exact) mass is 375 g/mol. The highest BCUT2D eigenvalue weighted by Crippen LogP contribution is 2.35. The Balaban J connectivity index is 1.60. The molecule has 2 aromatic carbocycles. The van der Waals surface area contributed by atoms with Gasteiger partial charge >= 0.3 is 6.18 Å². The Hall–Kier alpha value is -2.87. The predicted molar refractivity (Wildman–Crippen MR) is 92.6 cm³/mol. The number of nitrogens with one attached hydrogen (secondary N) is 1. The topological polar surface area (TPSA) is 60.2 Å². The van der Waals surface area contributed by atoms with E-state index in [9.17, 15) is 13.2 Å². The third-order valence-corrected chi connectivity index (χ3v) is 4.43. The molecule has 1 fully saturated rings. The molecule has 8 heteroatoms. The number of nitrogens with zero attached hydrogens (tertiary/aromatic N) is 2. The number of hydrogen-bond acceptors (Lipinski definition) is 5. The van der Waals surface area contributed by atoms with E-state index in [-0.39, 0.29) is 5.41 Å². The summed E-state index contributed by atoms with van der Waals surface area (Å²) in [7, 11) is 0. The molecule has 1 aromatic heterocycles. The Morgan fingerprint density at radius 2 is 1.70 bits per heavy atom. The molecular formula is C19H16F3N3O2. The first-order valence-electron chi connectivity index (χ1n) is 8.31. The molecule has 0 spiro atoms. The Labute approximate surface area is 153 Å². The molecule has 2 heterocycles. The molecular weight excluding hydrogens is 359 g/mol. The number of ether oxygens (including phenoxy) is 1. The van der Waals surface area contributed by atoms with Gasteiger partial charge in [0.25, 0.3) is 0 Å². The summed E-state index contributed by atoms with van der Waals surface area (Å²) in [6.07, 6.45) is -4.36. The lowest BCUT2D eigenvalue weighted by Crippen LogP contribution is -2.44. The molecule has 5 nitrogen and oxygen atoms in total. The van der Waals surface area contributed by atoms with Gasteiger partial charge in [-0.05, 0) is 43.3 Å². The molecule has 1 aliphatic heterocycles. The van der Waals surface area contributed by atoms with E-state index in [0.29, 0.717) is 41.9 Å². The fourth-order valence-corrected chi connectivity index (χ4v) is 2.78. The predicted octanol–water partition coefficient (Wildman–Crippen LogP) is 4.79. The average molecular weight is 375 g/mol. The van der Waals surface area contributed by atoms with Gasteiger partial charge in [-0.3, -0.25) is 0 Å². The first-order chi connectivity index (χ1) is 12.9. The molecule has 140 valence electrons. The first kappa shape index (κ1) is 17.5. The van der Waals surface area contributed by atoms with Gasteiger partial charge in [-0.1, -0.05) is 12.1 Å². The zero-order valence-corrected chi connectivity index (χ0v) is 14.4. The molecule has 1 N–H and O–H groups in total. The lowest BCUT2D eigenvalue weighted by atomic mass is 9.89. The minimum Gasteiger partial charge on any atom is -0.420 e. The van der Waals surface area contributed by atoms with Gasteiger partial charge in [-0.25, -0.2) is 0 Å². The number of hydrogen-bond donors (Lipinski definition) is 1. The van der Waals surface area contributed by atoms with Gasteiger partial charge in [0.1, 0.15) is 0 Å². The third-order valence-electron chi connectivity index (χ3n) is 4.43. The molecule has 27 heavy (non-hydrogen) atoms. The van der Waals surface area contributed by atoms with Crippen molar-refractivity contribution < 1.29 is 22.3 Å². The van der Waals surface area contributed by atoms with E-state index in [2.05, 4.69) is 15.5 Å². The van der Waals surface area contributed by atoms with Crippen LogP contribution in [-0.4, -0.2) is 23.4 Å². The Bertz CT molecular complexity index is 947. The summed E-state index contributed by atoms with van der Waals surface area (Å²) >= 11 is 0. The minimum atomic E-state index is -4.36. The Morgan fingerprint density at radius 1 is 1.00 bits per heavy atom. The zero-order valence-electron chi connectivity index (χ0n) is 14.4. The van der Waals surface area contributed by atoms with E-state index in [1.807, 2.05) is 25.1 Å². The summed E-state index contributed by atoms with van der Waals surface area (Å²) in [4.78, 5) is 0. The van der Waals surface area contributed by atoms with Crippen LogP contribution in [0.25, 0.3) is 11.5 Å². The molecule has 0 unspecified atom stereocenters. The smallest absolute Gasteiger partial charge is 0.416 e. The molecule has 1 aliphatic rings. The third kappa shape index (κ3) is 3.40. The first-order valence-corrected chi connectivity index (χ1v) is 8.31. The quantitative estimate of drug-likeness (QED) is 0.711. The standard InChI is InChI=1S/C19H16F3N3O2/c1-18(10-26-11-18)17-25-24-16(27-17)14-4-2-3-5-15(14)23-13-8-6-12(7-9-13)19(20,21)22/h2-9,23H,10-11H2,1H3. The van der Waals surface area contributed by atoms with Crippen molar-refractivity contribution in [1.29, 1.82) is 0 Å². The highest BCUT2D eigenvalue weighted by atomic mass is 19.4. The normalized spacial score (nSPS) is 16.0. The van der Waals surface area contributed by atoms with Gasteiger partial charge in [0.15, 0.2) is 0 Å². The summed E-state index contributed by atoms with van der Waals surface area (Å²) in [5, 5.41) is 11.4. The van der Waals surface area contributed by atoms with Gasteiger partial charge in [0.2, 0.25) is 11.8 Å². The summed E-state index contributed by atoms with van der Waals surface area (Å²) < 4.78 is 49.2. The molecule has 0 atom stereocenters. The second-order valence-electron chi connectivity index (χ2n) is 6.71. The number of anilines is 2. The second-order valence-corrected chi connectivity index (χ2v) is 6.71. The van der Waals surface area contributed by atoms with Crippen molar-refractivity contribution in [3.8, 4) is 11.5 Å². The lowest BCUT2D eigenvalue weighted by Gasteiger charge is -2.34. The number of alkyl halides is 3. The van der Waals surface area contributed by atoms with Crippen molar-refractivity contribution in [2.75, 3.05) is 18.5 Å². The minimum absolute atomic E-state index is 0.277. The van der Waals surface area contributed by atoms with Crippen LogP contribution < -0.4 is 5.32 Å². The van der Waals surface area contributed by atoms with Crippen LogP contribution in [0.1, 0.15) is 18.4 Å². The maximum Gasteiger partial charge on any atom is 0.416 e. The maximum atomic E-state index is 12.7. The Morgan fingerprint density at radius 3 is 2.33 bits per heavy atom. The zero-order chi connectivity index (χ0) is 19.1. The van der Waals surface area contributed by atoms with E-state index in [1.165, 1.54) is 12.1 Å². The van der Waals surface area contributed by atoms with Crippen LogP contribution in [-0.2, 0) is 16.3 Å². The van der Waals surface area contributed by atoms with Gasteiger partial charge in [0, 0.05) is 5.69 Å². The SMILES string of the molecule is CC1(c2nnc(-c3ccccc3Nc3ccc(C(F)(F)F)cc3)o2)COC1. The Kier molecular flexibility index (Phi) is 4.15. The van der Waals surface area contributed by atoms with E-state index >= 15 is 0 Å². The van der Waals surface area contributed by atoms with Crippen molar-refractivity contribution in [2.45, 2.75) is 18.5 Å². The van der Waals surface area contributed by atoms with Crippen LogP contribution in [0.4, 0.5) is 24.5 Å². The number of para-hydroxylation sites is 1. The molecule has 0 amide bonds. The number of rotatable bonds is 4. The fourth-order valence-electron chi connectivity index (χ4n) is 2.78. The van der Waals surface area contributed by atoms with Crippen LogP contribution in [0.15, 0.2) is 52.9 Å². The van der Waals surface area contributed by atoms with Crippen LogP contribution in [0.2, 0.25) is 0 Å². The van der Waals surface area contributed by atoms with Crippen LogP contribution in [0, 0.1) is 0 Å². The number of halogens is 3. The van der Waals surface area contributed by atoms with E-state index in [1.54, 1.807) is 6.07 Å². The summed E-state index contributed by atoms with van der Waals surface area (Å²) in [6, 6.07) is 12.1.